The van der Waals surface area contributed by atoms with Crippen LogP contribution in [0.5, 0.6) is 0 Å². The Morgan fingerprint density at radius 1 is 1.55 bits per heavy atom. The maximum absolute atomic E-state index is 12.2. The fourth-order valence-corrected chi connectivity index (χ4v) is 3.01. The van der Waals surface area contributed by atoms with Crippen LogP contribution in [0.15, 0.2) is 5.16 Å². The third-order valence-corrected chi connectivity index (χ3v) is 4.38. The zero-order valence-electron chi connectivity index (χ0n) is 11.3. The third kappa shape index (κ3) is 3.42. The highest BCUT2D eigenvalue weighted by Gasteiger charge is 2.35. The number of hydrogen-bond donors (Lipinski definition) is 3. The van der Waals surface area contributed by atoms with E-state index in [4.69, 9.17) is 5.73 Å². The number of rotatable bonds is 4. The molecule has 1 aliphatic rings. The fourth-order valence-electron chi connectivity index (χ4n) is 2.28. The van der Waals surface area contributed by atoms with Gasteiger partial charge in [0.1, 0.15) is 5.54 Å². The van der Waals surface area contributed by atoms with Crippen LogP contribution in [-0.2, 0) is 4.79 Å². The first-order valence-corrected chi connectivity index (χ1v) is 7.50. The Balaban J connectivity index is 1.94. The number of nitrogen functional groups attached to an aromatic ring is 1. The molecule has 0 radical (unpaired) electrons. The Kier molecular flexibility index (Phi) is 4.49. The Bertz CT molecular complexity index is 516. The van der Waals surface area contributed by atoms with Gasteiger partial charge in [0.15, 0.2) is 0 Å². The van der Waals surface area contributed by atoms with Gasteiger partial charge in [-0.25, -0.2) is 5.10 Å². The minimum Gasteiger partial charge on any atom is -0.368 e. The standard InChI is InChI=1S/C12H18N6OS/c1-8(20-11-15-10(14)17-18-11)9(19)16-12(7-13)5-3-2-4-6-12/h8H,2-6H2,1H3,(H,16,19)(H3,14,15,17,18)/t8-/m0/s1. The number of anilines is 1. The number of hydrogen-bond acceptors (Lipinski definition) is 6. The molecular weight excluding hydrogens is 276 g/mol. The first kappa shape index (κ1) is 14.7. The largest absolute Gasteiger partial charge is 0.368 e. The number of amides is 1. The lowest BCUT2D eigenvalue weighted by Crippen LogP contribution is -2.50. The van der Waals surface area contributed by atoms with Gasteiger partial charge >= 0.3 is 0 Å². The molecule has 8 heteroatoms. The number of nitrogens with two attached hydrogens (primary N) is 1. The predicted molar refractivity (Wildman–Crippen MR) is 75.7 cm³/mol. The summed E-state index contributed by atoms with van der Waals surface area (Å²) in [7, 11) is 0. The van der Waals surface area contributed by atoms with E-state index in [1.807, 2.05) is 0 Å². The number of H-pyrrole nitrogens is 1. The molecule has 0 spiro atoms. The van der Waals surface area contributed by atoms with Crippen LogP contribution in [0.2, 0.25) is 0 Å². The first-order chi connectivity index (χ1) is 9.54. The van der Waals surface area contributed by atoms with Gasteiger partial charge in [-0.1, -0.05) is 31.0 Å². The van der Waals surface area contributed by atoms with E-state index >= 15 is 0 Å². The van der Waals surface area contributed by atoms with E-state index < -0.39 is 5.54 Å². The highest BCUT2D eigenvalue weighted by atomic mass is 32.2. The van der Waals surface area contributed by atoms with Gasteiger partial charge in [-0.05, 0) is 19.8 Å². The van der Waals surface area contributed by atoms with Crippen molar-refractivity contribution in [2.24, 2.45) is 0 Å². The highest BCUT2D eigenvalue weighted by molar-refractivity contribution is 8.00. The van der Waals surface area contributed by atoms with E-state index in [-0.39, 0.29) is 17.1 Å². The number of nitrogens with one attached hydrogen (secondary N) is 2. The quantitative estimate of drug-likeness (QED) is 0.718. The molecular formula is C12H18N6OS. The lowest BCUT2D eigenvalue weighted by Gasteiger charge is -2.32. The number of thioether (sulfide) groups is 1. The second-order valence-corrected chi connectivity index (χ2v) is 6.32. The van der Waals surface area contributed by atoms with E-state index in [9.17, 15) is 10.1 Å². The minimum atomic E-state index is -0.706. The van der Waals surface area contributed by atoms with Gasteiger partial charge in [0.05, 0.1) is 11.3 Å². The number of aromatic nitrogens is 3. The minimum absolute atomic E-state index is 0.165. The molecule has 4 N–H and O–H groups in total. The lowest BCUT2D eigenvalue weighted by molar-refractivity contribution is -0.121. The number of aromatic amines is 1. The molecule has 108 valence electrons. The van der Waals surface area contributed by atoms with Gasteiger partial charge in [-0.3, -0.25) is 4.79 Å². The van der Waals surface area contributed by atoms with Crippen molar-refractivity contribution in [3.63, 3.8) is 0 Å². The Hall–Kier alpha value is -1.75. The summed E-state index contributed by atoms with van der Waals surface area (Å²) in [4.78, 5) is 16.2. The van der Waals surface area contributed by atoms with E-state index in [1.54, 1.807) is 6.92 Å². The molecule has 7 nitrogen and oxygen atoms in total. The van der Waals surface area contributed by atoms with Crippen molar-refractivity contribution >= 4 is 23.6 Å². The molecule has 2 rings (SSSR count). The maximum atomic E-state index is 12.2. The van der Waals surface area contributed by atoms with Crippen LogP contribution >= 0.6 is 11.8 Å². The van der Waals surface area contributed by atoms with Gasteiger partial charge in [0, 0.05) is 0 Å². The molecule has 1 aromatic heterocycles. The maximum Gasteiger partial charge on any atom is 0.234 e. The number of carbonyl (C=O) groups is 1. The average Bonchev–Trinajstić information content (AvgIpc) is 2.85. The van der Waals surface area contributed by atoms with Crippen LogP contribution in [0.3, 0.4) is 0 Å². The van der Waals surface area contributed by atoms with Gasteiger partial charge in [-0.15, -0.1) is 5.10 Å². The summed E-state index contributed by atoms with van der Waals surface area (Å²) >= 11 is 1.22. The molecule has 1 amide bonds. The smallest absolute Gasteiger partial charge is 0.234 e. The van der Waals surface area contributed by atoms with Gasteiger partial charge in [-0.2, -0.15) is 10.2 Å². The molecule has 1 heterocycles. The molecule has 1 saturated carbocycles. The molecule has 1 aliphatic carbocycles. The fraction of sp³-hybridized carbons (Fsp3) is 0.667. The van der Waals surface area contributed by atoms with Gasteiger partial charge < -0.3 is 11.1 Å². The van der Waals surface area contributed by atoms with Crippen molar-refractivity contribution in [1.29, 1.82) is 5.26 Å². The van der Waals surface area contributed by atoms with Crippen LogP contribution in [0.4, 0.5) is 5.95 Å². The van der Waals surface area contributed by atoms with Crippen molar-refractivity contribution in [2.75, 3.05) is 5.73 Å². The van der Waals surface area contributed by atoms with Crippen LogP contribution in [0.1, 0.15) is 39.0 Å². The van der Waals surface area contributed by atoms with Crippen molar-refractivity contribution < 1.29 is 4.79 Å². The van der Waals surface area contributed by atoms with Crippen molar-refractivity contribution in [3.8, 4) is 6.07 Å². The second kappa shape index (κ2) is 6.13. The van der Waals surface area contributed by atoms with Crippen molar-refractivity contribution in [1.82, 2.24) is 20.5 Å². The Labute approximate surface area is 121 Å². The summed E-state index contributed by atoms with van der Waals surface area (Å²) in [5, 5.41) is 18.7. The summed E-state index contributed by atoms with van der Waals surface area (Å²) < 4.78 is 0. The normalized spacial score (nSPS) is 19.0. The monoisotopic (exact) mass is 294 g/mol. The van der Waals surface area contributed by atoms with Crippen LogP contribution in [-0.4, -0.2) is 31.9 Å². The summed E-state index contributed by atoms with van der Waals surface area (Å²) in [6.07, 6.45) is 4.53. The first-order valence-electron chi connectivity index (χ1n) is 6.62. The summed E-state index contributed by atoms with van der Waals surface area (Å²) in [6, 6.07) is 2.27. The SMILES string of the molecule is C[C@H](Sc1n[nH]c(N)n1)C(=O)NC1(C#N)CCCCC1. The molecule has 0 bridgehead atoms. The molecule has 0 aromatic carbocycles. The number of carbonyl (C=O) groups excluding carboxylic acids is 1. The number of nitriles is 1. The van der Waals surface area contributed by atoms with Crippen molar-refractivity contribution in [2.45, 2.75) is 55.0 Å². The summed E-state index contributed by atoms with van der Waals surface area (Å²) in [5.74, 6) is 0.0581. The van der Waals surface area contributed by atoms with E-state index in [0.29, 0.717) is 5.16 Å². The molecule has 1 atom stereocenters. The van der Waals surface area contributed by atoms with Crippen LogP contribution in [0.25, 0.3) is 0 Å². The number of nitrogens with zero attached hydrogens (tertiary/aromatic N) is 3. The topological polar surface area (TPSA) is 120 Å². The van der Waals surface area contributed by atoms with Crippen molar-refractivity contribution in [3.05, 3.63) is 0 Å². The molecule has 1 aromatic rings. The molecule has 0 saturated heterocycles. The lowest BCUT2D eigenvalue weighted by atomic mass is 9.83. The van der Waals surface area contributed by atoms with Gasteiger partial charge in [0.25, 0.3) is 0 Å². The zero-order chi connectivity index (χ0) is 14.6. The van der Waals surface area contributed by atoms with Gasteiger partial charge in [0.2, 0.25) is 17.0 Å². The highest BCUT2D eigenvalue weighted by Crippen LogP contribution is 2.28. The predicted octanol–water partition coefficient (Wildman–Crippen LogP) is 1.21. The summed E-state index contributed by atoms with van der Waals surface area (Å²) in [5.41, 5.74) is 4.73. The van der Waals surface area contributed by atoms with Crippen LogP contribution in [0, 0.1) is 11.3 Å². The van der Waals surface area contributed by atoms with E-state index in [2.05, 4.69) is 26.6 Å². The average molecular weight is 294 g/mol. The Morgan fingerprint density at radius 2 is 2.25 bits per heavy atom. The van der Waals surface area contributed by atoms with E-state index in [0.717, 1.165) is 32.1 Å². The molecule has 0 aliphatic heterocycles. The third-order valence-electron chi connectivity index (χ3n) is 3.42. The van der Waals surface area contributed by atoms with Crippen LogP contribution < -0.4 is 11.1 Å². The molecule has 20 heavy (non-hydrogen) atoms. The summed E-state index contributed by atoms with van der Waals surface area (Å²) in [6.45, 7) is 1.76. The zero-order valence-corrected chi connectivity index (χ0v) is 12.2. The van der Waals surface area contributed by atoms with E-state index in [1.165, 1.54) is 11.8 Å². The molecule has 0 unspecified atom stereocenters. The molecule has 1 fully saturated rings. The Morgan fingerprint density at radius 3 is 2.80 bits per heavy atom. The second-order valence-electron chi connectivity index (χ2n) is 5.01.